The normalized spacial score (nSPS) is 25.4. The molecular weight excluding hydrogens is 172 g/mol. The van der Waals surface area contributed by atoms with E-state index in [2.05, 4.69) is 61.5 Å². The van der Waals surface area contributed by atoms with Gasteiger partial charge in [-0.2, -0.15) is 0 Å². The number of para-hydroxylation sites is 1. The lowest BCUT2D eigenvalue weighted by Gasteiger charge is -2.32. The van der Waals surface area contributed by atoms with E-state index in [4.69, 9.17) is 0 Å². The number of nitrogens with zero attached hydrogens (tertiary/aromatic N) is 1. The van der Waals surface area contributed by atoms with Crippen molar-refractivity contribution in [2.45, 2.75) is 38.8 Å². The summed E-state index contributed by atoms with van der Waals surface area (Å²) in [5.41, 5.74) is 4.95. The molecule has 0 aromatic heterocycles. The number of hydrazine groups is 1. The number of hydrogen-bond acceptors (Lipinski definition) is 2. The Morgan fingerprint density at radius 3 is 2.43 bits per heavy atom. The Morgan fingerprint density at radius 2 is 1.93 bits per heavy atom. The Hall–Kier alpha value is -1.02. The van der Waals surface area contributed by atoms with Gasteiger partial charge in [0.15, 0.2) is 0 Å². The molecule has 1 aliphatic heterocycles. The number of anilines is 1. The standard InChI is InChI=1S/C12H18N2/c1-10-9-12(2,3)14(13-10)11-7-5-4-6-8-11/h4-8,10,13H,9H2,1-3H3. The molecule has 1 aromatic rings. The number of nitrogens with one attached hydrogen (secondary N) is 1. The monoisotopic (exact) mass is 190 g/mol. The molecule has 0 aliphatic carbocycles. The van der Waals surface area contributed by atoms with Gasteiger partial charge < -0.3 is 5.01 Å². The summed E-state index contributed by atoms with van der Waals surface area (Å²) in [6.45, 7) is 6.78. The van der Waals surface area contributed by atoms with Gasteiger partial charge in [-0.3, -0.25) is 0 Å². The highest BCUT2D eigenvalue weighted by Crippen LogP contribution is 2.30. The predicted molar refractivity (Wildman–Crippen MR) is 60.2 cm³/mol. The van der Waals surface area contributed by atoms with Gasteiger partial charge in [-0.1, -0.05) is 18.2 Å². The topological polar surface area (TPSA) is 15.3 Å². The van der Waals surface area contributed by atoms with Crippen LogP contribution >= 0.6 is 0 Å². The summed E-state index contributed by atoms with van der Waals surface area (Å²) in [4.78, 5) is 0. The number of hydrogen-bond donors (Lipinski definition) is 1. The smallest absolute Gasteiger partial charge is 0.0526 e. The highest BCUT2D eigenvalue weighted by Gasteiger charge is 2.36. The van der Waals surface area contributed by atoms with Crippen molar-refractivity contribution in [3.8, 4) is 0 Å². The lowest BCUT2D eigenvalue weighted by Crippen LogP contribution is -2.44. The molecule has 1 aliphatic rings. The molecule has 1 fully saturated rings. The fourth-order valence-electron chi connectivity index (χ4n) is 2.28. The summed E-state index contributed by atoms with van der Waals surface area (Å²) in [6, 6.07) is 11.1. The van der Waals surface area contributed by atoms with Gasteiger partial charge in [-0.05, 0) is 39.3 Å². The number of rotatable bonds is 1. The van der Waals surface area contributed by atoms with Gasteiger partial charge in [0.05, 0.1) is 11.2 Å². The van der Waals surface area contributed by atoms with Gasteiger partial charge in [-0.25, -0.2) is 5.43 Å². The molecule has 1 atom stereocenters. The van der Waals surface area contributed by atoms with Crippen molar-refractivity contribution in [2.24, 2.45) is 0 Å². The highest BCUT2D eigenvalue weighted by atomic mass is 15.6. The molecule has 1 aromatic carbocycles. The quantitative estimate of drug-likeness (QED) is 0.732. The molecule has 0 saturated carbocycles. The minimum Gasteiger partial charge on any atom is -0.303 e. The van der Waals surface area contributed by atoms with Crippen molar-refractivity contribution < 1.29 is 0 Å². The maximum Gasteiger partial charge on any atom is 0.0526 e. The molecule has 1 saturated heterocycles. The van der Waals surface area contributed by atoms with Gasteiger partial charge in [0.25, 0.3) is 0 Å². The first-order valence-corrected chi connectivity index (χ1v) is 5.21. The second-order valence-electron chi connectivity index (χ2n) is 4.72. The van der Waals surface area contributed by atoms with Gasteiger partial charge in [-0.15, -0.1) is 0 Å². The first kappa shape index (κ1) is 9.53. The maximum absolute atomic E-state index is 3.49. The molecule has 2 rings (SSSR count). The van der Waals surface area contributed by atoms with Crippen molar-refractivity contribution >= 4 is 5.69 Å². The van der Waals surface area contributed by atoms with Crippen LogP contribution in [-0.4, -0.2) is 11.6 Å². The summed E-state index contributed by atoms with van der Waals surface area (Å²) < 4.78 is 0. The zero-order valence-corrected chi connectivity index (χ0v) is 9.12. The molecular formula is C12H18N2. The van der Waals surface area contributed by atoms with Crippen LogP contribution in [-0.2, 0) is 0 Å². The number of benzene rings is 1. The van der Waals surface area contributed by atoms with Crippen LogP contribution in [0.3, 0.4) is 0 Å². The van der Waals surface area contributed by atoms with Gasteiger partial charge in [0, 0.05) is 6.04 Å². The summed E-state index contributed by atoms with van der Waals surface area (Å²) >= 11 is 0. The fourth-order valence-corrected chi connectivity index (χ4v) is 2.28. The molecule has 76 valence electrons. The molecule has 14 heavy (non-hydrogen) atoms. The van der Waals surface area contributed by atoms with E-state index in [-0.39, 0.29) is 5.54 Å². The lowest BCUT2D eigenvalue weighted by atomic mass is 9.98. The van der Waals surface area contributed by atoms with E-state index in [9.17, 15) is 0 Å². The molecule has 2 heteroatoms. The van der Waals surface area contributed by atoms with Crippen LogP contribution in [0.25, 0.3) is 0 Å². The van der Waals surface area contributed by atoms with Crippen molar-refractivity contribution in [1.29, 1.82) is 0 Å². The van der Waals surface area contributed by atoms with Crippen molar-refractivity contribution in [1.82, 2.24) is 5.43 Å². The molecule has 1 heterocycles. The van der Waals surface area contributed by atoms with Crippen LogP contribution in [0.5, 0.6) is 0 Å². The van der Waals surface area contributed by atoms with Crippen molar-refractivity contribution in [3.63, 3.8) is 0 Å². The van der Waals surface area contributed by atoms with Crippen LogP contribution < -0.4 is 10.4 Å². The third-order valence-electron chi connectivity index (χ3n) is 2.77. The Bertz CT molecular complexity index is 305. The van der Waals surface area contributed by atoms with Crippen molar-refractivity contribution in [3.05, 3.63) is 30.3 Å². The summed E-state index contributed by atoms with van der Waals surface area (Å²) in [6.07, 6.45) is 1.18. The van der Waals surface area contributed by atoms with E-state index in [1.807, 2.05) is 0 Å². The Balaban J connectivity index is 2.27. The second-order valence-corrected chi connectivity index (χ2v) is 4.72. The second kappa shape index (κ2) is 3.28. The molecule has 1 unspecified atom stereocenters. The van der Waals surface area contributed by atoms with E-state index in [0.29, 0.717) is 6.04 Å². The largest absolute Gasteiger partial charge is 0.303 e. The summed E-state index contributed by atoms with van der Waals surface area (Å²) in [5, 5.41) is 2.28. The Labute approximate surface area is 85.9 Å². The van der Waals surface area contributed by atoms with Crippen LogP contribution in [0.2, 0.25) is 0 Å². The average molecular weight is 190 g/mol. The maximum atomic E-state index is 3.49. The fraction of sp³-hybridized carbons (Fsp3) is 0.500. The van der Waals surface area contributed by atoms with Gasteiger partial charge >= 0.3 is 0 Å². The predicted octanol–water partition coefficient (Wildman–Crippen LogP) is 2.57. The first-order valence-electron chi connectivity index (χ1n) is 5.21. The average Bonchev–Trinajstić information content (AvgIpc) is 2.41. The van der Waals surface area contributed by atoms with Crippen LogP contribution in [0, 0.1) is 0 Å². The van der Waals surface area contributed by atoms with Gasteiger partial charge in [0.1, 0.15) is 0 Å². The zero-order chi connectivity index (χ0) is 10.2. The minimum atomic E-state index is 0.209. The van der Waals surface area contributed by atoms with Crippen LogP contribution in [0.4, 0.5) is 5.69 Å². The highest BCUT2D eigenvalue weighted by molar-refractivity contribution is 5.48. The summed E-state index contributed by atoms with van der Waals surface area (Å²) in [5.74, 6) is 0. The molecule has 0 bridgehead atoms. The van der Waals surface area contributed by atoms with Crippen LogP contribution in [0.15, 0.2) is 30.3 Å². The first-order chi connectivity index (χ1) is 6.59. The van der Waals surface area contributed by atoms with E-state index >= 15 is 0 Å². The molecule has 0 radical (unpaired) electrons. The van der Waals surface area contributed by atoms with E-state index in [0.717, 1.165) is 0 Å². The molecule has 1 N–H and O–H groups in total. The molecule has 0 spiro atoms. The van der Waals surface area contributed by atoms with Crippen molar-refractivity contribution in [2.75, 3.05) is 5.01 Å². The molecule has 2 nitrogen and oxygen atoms in total. The zero-order valence-electron chi connectivity index (χ0n) is 9.12. The lowest BCUT2D eigenvalue weighted by molar-refractivity contribution is 0.502. The third-order valence-corrected chi connectivity index (χ3v) is 2.77. The third kappa shape index (κ3) is 1.62. The Kier molecular flexibility index (Phi) is 2.23. The van der Waals surface area contributed by atoms with E-state index < -0.39 is 0 Å². The minimum absolute atomic E-state index is 0.209. The van der Waals surface area contributed by atoms with Gasteiger partial charge in [0.2, 0.25) is 0 Å². The van der Waals surface area contributed by atoms with E-state index in [1.54, 1.807) is 0 Å². The van der Waals surface area contributed by atoms with E-state index in [1.165, 1.54) is 12.1 Å². The SMILES string of the molecule is CC1CC(C)(C)N(c2ccccc2)N1. The van der Waals surface area contributed by atoms with Crippen LogP contribution in [0.1, 0.15) is 27.2 Å². The molecule has 0 amide bonds. The summed E-state index contributed by atoms with van der Waals surface area (Å²) in [7, 11) is 0. The Morgan fingerprint density at radius 1 is 1.29 bits per heavy atom.